The summed E-state index contributed by atoms with van der Waals surface area (Å²) >= 11 is 0. The minimum atomic E-state index is -3.73. The normalized spacial score (nSPS) is 13.0. The van der Waals surface area contributed by atoms with Crippen LogP contribution in [-0.2, 0) is 21.4 Å². The monoisotopic (exact) mass is 299 g/mol. The lowest BCUT2D eigenvalue weighted by atomic mass is 10.1. The molecular weight excluding hydrogens is 278 g/mol. The van der Waals surface area contributed by atoms with Gasteiger partial charge in [0.05, 0.1) is 10.9 Å². The molecule has 1 aromatic carbocycles. The van der Waals surface area contributed by atoms with Crippen LogP contribution in [0.3, 0.4) is 0 Å². The first-order valence-corrected chi connectivity index (χ1v) is 7.89. The summed E-state index contributed by atoms with van der Waals surface area (Å²) < 4.78 is 26.9. The fourth-order valence-electron chi connectivity index (χ4n) is 1.82. The van der Waals surface area contributed by atoms with Gasteiger partial charge in [-0.15, -0.1) is 0 Å². The van der Waals surface area contributed by atoms with Crippen LogP contribution in [0.4, 0.5) is 0 Å². The Morgan fingerprint density at radius 3 is 2.55 bits per heavy atom. The largest absolute Gasteiger partial charge is 0.355 e. The van der Waals surface area contributed by atoms with Gasteiger partial charge in [-0.2, -0.15) is 4.72 Å². The number of carbonyl (C=O) groups is 1. The first kappa shape index (κ1) is 16.6. The summed E-state index contributed by atoms with van der Waals surface area (Å²) in [5, 5.41) is 2.57. The number of benzene rings is 1. The number of rotatable bonds is 6. The van der Waals surface area contributed by atoms with Crippen molar-refractivity contribution in [3.8, 4) is 0 Å². The molecule has 4 N–H and O–H groups in total. The highest BCUT2D eigenvalue weighted by molar-refractivity contribution is 7.89. The van der Waals surface area contributed by atoms with E-state index in [4.69, 9.17) is 5.73 Å². The first-order chi connectivity index (χ1) is 9.31. The molecular formula is C13H21N3O3S. The highest BCUT2D eigenvalue weighted by Gasteiger charge is 2.23. The van der Waals surface area contributed by atoms with Crippen molar-refractivity contribution in [3.63, 3.8) is 0 Å². The van der Waals surface area contributed by atoms with Gasteiger partial charge in [0.1, 0.15) is 0 Å². The average Bonchev–Trinajstić information content (AvgIpc) is 2.37. The smallest absolute Gasteiger partial charge is 0.241 e. The van der Waals surface area contributed by atoms with Gasteiger partial charge >= 0.3 is 0 Å². The lowest BCUT2D eigenvalue weighted by Gasteiger charge is -2.15. The molecule has 1 aromatic rings. The predicted molar refractivity (Wildman–Crippen MR) is 77.5 cm³/mol. The molecule has 1 rings (SSSR count). The van der Waals surface area contributed by atoms with E-state index in [-0.39, 0.29) is 10.8 Å². The van der Waals surface area contributed by atoms with Crippen LogP contribution in [0.2, 0.25) is 0 Å². The summed E-state index contributed by atoms with van der Waals surface area (Å²) in [6.45, 7) is 5.78. The van der Waals surface area contributed by atoms with Gasteiger partial charge in [-0.25, -0.2) is 8.42 Å². The maximum Gasteiger partial charge on any atom is 0.241 e. The van der Waals surface area contributed by atoms with Crippen LogP contribution in [0, 0.1) is 6.92 Å². The number of amides is 1. The van der Waals surface area contributed by atoms with E-state index in [1.54, 1.807) is 26.0 Å². The van der Waals surface area contributed by atoms with Crippen LogP contribution in [0.1, 0.15) is 25.0 Å². The number of sulfonamides is 1. The zero-order valence-corrected chi connectivity index (χ0v) is 12.8. The SMILES string of the molecule is CCNC(=O)C(C)NS(=O)(=O)c1ccc(CN)cc1C. The van der Waals surface area contributed by atoms with E-state index in [1.807, 2.05) is 0 Å². The van der Waals surface area contributed by atoms with Gasteiger partial charge in [0, 0.05) is 13.1 Å². The Balaban J connectivity index is 2.97. The zero-order valence-electron chi connectivity index (χ0n) is 11.9. The summed E-state index contributed by atoms with van der Waals surface area (Å²) in [6.07, 6.45) is 0. The summed E-state index contributed by atoms with van der Waals surface area (Å²) in [5.41, 5.74) is 6.97. The molecule has 0 aliphatic carbocycles. The lowest BCUT2D eigenvalue weighted by Crippen LogP contribution is -2.44. The van der Waals surface area contributed by atoms with Crippen molar-refractivity contribution in [1.82, 2.24) is 10.0 Å². The van der Waals surface area contributed by atoms with E-state index in [0.717, 1.165) is 5.56 Å². The number of hydrogen-bond donors (Lipinski definition) is 3. The third-order valence-electron chi connectivity index (χ3n) is 2.84. The topological polar surface area (TPSA) is 101 Å². The van der Waals surface area contributed by atoms with Crippen molar-refractivity contribution in [1.29, 1.82) is 0 Å². The second kappa shape index (κ2) is 6.83. The summed E-state index contributed by atoms with van der Waals surface area (Å²) in [7, 11) is -3.73. The molecule has 7 heteroatoms. The summed E-state index contributed by atoms with van der Waals surface area (Å²) in [5.74, 6) is -0.354. The van der Waals surface area contributed by atoms with Crippen LogP contribution in [-0.4, -0.2) is 26.9 Å². The van der Waals surface area contributed by atoms with Crippen LogP contribution in [0.15, 0.2) is 23.1 Å². The maximum absolute atomic E-state index is 12.2. The van der Waals surface area contributed by atoms with E-state index >= 15 is 0 Å². The van der Waals surface area contributed by atoms with Gasteiger partial charge in [-0.3, -0.25) is 4.79 Å². The van der Waals surface area contributed by atoms with Crippen molar-refractivity contribution >= 4 is 15.9 Å². The molecule has 1 atom stereocenters. The van der Waals surface area contributed by atoms with E-state index in [9.17, 15) is 13.2 Å². The summed E-state index contributed by atoms with van der Waals surface area (Å²) in [4.78, 5) is 11.7. The van der Waals surface area contributed by atoms with Crippen LogP contribution >= 0.6 is 0 Å². The second-order valence-electron chi connectivity index (χ2n) is 4.54. The van der Waals surface area contributed by atoms with Gasteiger partial charge in [-0.05, 0) is 38.0 Å². The van der Waals surface area contributed by atoms with E-state index in [1.165, 1.54) is 13.0 Å². The maximum atomic E-state index is 12.2. The highest BCUT2D eigenvalue weighted by Crippen LogP contribution is 2.16. The standard InChI is InChI=1S/C13H21N3O3S/c1-4-15-13(17)10(3)16-20(18,19)12-6-5-11(8-14)7-9(12)2/h5-7,10,16H,4,8,14H2,1-3H3,(H,15,17). The molecule has 1 unspecified atom stereocenters. The number of likely N-dealkylation sites (N-methyl/N-ethyl adjacent to an activating group) is 1. The molecule has 1 amide bonds. The first-order valence-electron chi connectivity index (χ1n) is 6.41. The van der Waals surface area contributed by atoms with E-state index in [2.05, 4.69) is 10.0 Å². The Morgan fingerprint density at radius 1 is 1.40 bits per heavy atom. The number of hydrogen-bond acceptors (Lipinski definition) is 4. The number of nitrogens with two attached hydrogens (primary N) is 1. The van der Waals surface area contributed by atoms with Crippen molar-refractivity contribution < 1.29 is 13.2 Å². The fraction of sp³-hybridized carbons (Fsp3) is 0.462. The number of carbonyl (C=O) groups excluding carboxylic acids is 1. The Morgan fingerprint density at radius 2 is 2.05 bits per heavy atom. The summed E-state index contributed by atoms with van der Waals surface area (Å²) in [6, 6.07) is 4.07. The van der Waals surface area contributed by atoms with Crippen molar-refractivity contribution in [2.75, 3.05) is 6.54 Å². The quantitative estimate of drug-likeness (QED) is 0.701. The molecule has 112 valence electrons. The Kier molecular flexibility index (Phi) is 5.67. The molecule has 0 saturated heterocycles. The third-order valence-corrected chi connectivity index (χ3v) is 4.54. The van der Waals surface area contributed by atoms with Crippen LogP contribution in [0.25, 0.3) is 0 Å². The molecule has 0 radical (unpaired) electrons. The highest BCUT2D eigenvalue weighted by atomic mass is 32.2. The second-order valence-corrected chi connectivity index (χ2v) is 6.22. The molecule has 20 heavy (non-hydrogen) atoms. The number of aryl methyl sites for hydroxylation is 1. The van der Waals surface area contributed by atoms with Gasteiger partial charge in [0.2, 0.25) is 15.9 Å². The van der Waals surface area contributed by atoms with Crippen molar-refractivity contribution in [2.45, 2.75) is 38.3 Å². The molecule has 0 saturated carbocycles. The average molecular weight is 299 g/mol. The fourth-order valence-corrected chi connectivity index (χ4v) is 3.25. The molecule has 0 fully saturated rings. The minimum absolute atomic E-state index is 0.158. The van der Waals surface area contributed by atoms with Gasteiger partial charge in [0.15, 0.2) is 0 Å². The Hall–Kier alpha value is -1.44. The third kappa shape index (κ3) is 4.03. The molecule has 0 aromatic heterocycles. The molecule has 0 bridgehead atoms. The lowest BCUT2D eigenvalue weighted by molar-refractivity contribution is -0.122. The van der Waals surface area contributed by atoms with Gasteiger partial charge in [-0.1, -0.05) is 12.1 Å². The van der Waals surface area contributed by atoms with Crippen LogP contribution in [0.5, 0.6) is 0 Å². The molecule has 6 nitrogen and oxygen atoms in total. The Bertz CT molecular complexity index is 585. The van der Waals surface area contributed by atoms with Crippen molar-refractivity contribution in [3.05, 3.63) is 29.3 Å². The predicted octanol–water partition coefficient (Wildman–Crippen LogP) is 0.257. The zero-order chi connectivity index (χ0) is 15.3. The van der Waals surface area contributed by atoms with Gasteiger partial charge in [0.25, 0.3) is 0 Å². The molecule has 0 aliphatic rings. The van der Waals surface area contributed by atoms with Gasteiger partial charge < -0.3 is 11.1 Å². The number of nitrogens with one attached hydrogen (secondary N) is 2. The van der Waals surface area contributed by atoms with E-state index < -0.39 is 16.1 Å². The molecule has 0 heterocycles. The minimum Gasteiger partial charge on any atom is -0.355 e. The van der Waals surface area contributed by atoms with Crippen LogP contribution < -0.4 is 15.8 Å². The Labute approximate surface area is 119 Å². The van der Waals surface area contributed by atoms with E-state index in [0.29, 0.717) is 18.7 Å². The van der Waals surface area contributed by atoms with Crippen molar-refractivity contribution in [2.24, 2.45) is 5.73 Å². The molecule has 0 spiro atoms. The molecule has 0 aliphatic heterocycles.